The van der Waals surface area contributed by atoms with Gasteiger partial charge in [0.2, 0.25) is 6.10 Å². The molecule has 1 rings (SSSR count). The Morgan fingerprint density at radius 2 is 1.79 bits per heavy atom. The van der Waals surface area contributed by atoms with Crippen LogP contribution in [0.5, 0.6) is 0 Å². The van der Waals surface area contributed by atoms with E-state index in [9.17, 15) is 18.0 Å². The molecule has 0 aliphatic heterocycles. The lowest BCUT2D eigenvalue weighted by molar-refractivity contribution is -0.217. The van der Waals surface area contributed by atoms with Gasteiger partial charge in [0.25, 0.3) is 6.47 Å². The minimum atomic E-state index is -4.58. The smallest absolute Gasteiger partial charge is 0.429 e. The van der Waals surface area contributed by atoms with Gasteiger partial charge in [0.05, 0.1) is 0 Å². The Labute approximate surface area is 78.3 Å². The molecule has 0 fully saturated rings. The maximum atomic E-state index is 12.3. The van der Waals surface area contributed by atoms with Gasteiger partial charge in [0.1, 0.15) is 0 Å². The molecule has 1 aromatic rings. The van der Waals surface area contributed by atoms with Crippen LogP contribution < -0.4 is 0 Å². The van der Waals surface area contributed by atoms with E-state index in [0.29, 0.717) is 0 Å². The molecule has 14 heavy (non-hydrogen) atoms. The molecule has 1 atom stereocenters. The number of halogens is 3. The fourth-order valence-electron chi connectivity index (χ4n) is 1.03. The molecule has 1 aromatic carbocycles. The van der Waals surface area contributed by atoms with Crippen molar-refractivity contribution < 1.29 is 22.7 Å². The van der Waals surface area contributed by atoms with Gasteiger partial charge in [-0.1, -0.05) is 30.3 Å². The Morgan fingerprint density at radius 3 is 2.21 bits per heavy atom. The lowest BCUT2D eigenvalue weighted by atomic mass is 10.1. The van der Waals surface area contributed by atoms with Gasteiger partial charge in [-0.3, -0.25) is 4.79 Å². The zero-order valence-corrected chi connectivity index (χ0v) is 6.99. The molecule has 0 aromatic heterocycles. The van der Waals surface area contributed by atoms with Gasteiger partial charge in [-0.15, -0.1) is 0 Å². The first-order valence-corrected chi connectivity index (χ1v) is 3.76. The minimum absolute atomic E-state index is 0.0906. The average molecular weight is 204 g/mol. The molecule has 0 bridgehead atoms. The normalized spacial score (nSPS) is 13.4. The summed E-state index contributed by atoms with van der Waals surface area (Å²) in [5.74, 6) is 0. The predicted octanol–water partition coefficient (Wildman–Crippen LogP) is 2.46. The van der Waals surface area contributed by atoms with Crippen LogP contribution >= 0.6 is 0 Å². The quantitative estimate of drug-likeness (QED) is 0.707. The van der Waals surface area contributed by atoms with Gasteiger partial charge in [-0.05, 0) is 0 Å². The minimum Gasteiger partial charge on any atom is -0.450 e. The second-order valence-corrected chi connectivity index (χ2v) is 2.56. The Balaban J connectivity index is 2.95. The first-order chi connectivity index (χ1) is 6.55. The summed E-state index contributed by atoms with van der Waals surface area (Å²) in [6, 6.07) is 6.98. The molecule has 76 valence electrons. The highest BCUT2D eigenvalue weighted by atomic mass is 19.4. The molecular formula is C9H7F3O2. The Morgan fingerprint density at radius 1 is 1.21 bits per heavy atom. The standard InChI is InChI=1S/C9H7F3O2/c10-9(11,12)8(14-6-13)7-4-2-1-3-5-7/h1-6,8H. The highest BCUT2D eigenvalue weighted by molar-refractivity contribution is 5.39. The monoisotopic (exact) mass is 204 g/mol. The van der Waals surface area contributed by atoms with Gasteiger partial charge < -0.3 is 4.74 Å². The van der Waals surface area contributed by atoms with Crippen molar-refractivity contribution in [3.63, 3.8) is 0 Å². The molecule has 0 heterocycles. The lowest BCUT2D eigenvalue weighted by Gasteiger charge is -2.18. The van der Waals surface area contributed by atoms with E-state index in [0.717, 1.165) is 0 Å². The van der Waals surface area contributed by atoms with E-state index in [1.54, 1.807) is 6.07 Å². The summed E-state index contributed by atoms with van der Waals surface area (Å²) in [5, 5.41) is 0. The highest BCUT2D eigenvalue weighted by Gasteiger charge is 2.42. The molecule has 2 nitrogen and oxygen atoms in total. The second-order valence-electron chi connectivity index (χ2n) is 2.56. The number of ether oxygens (including phenoxy) is 1. The third kappa shape index (κ3) is 2.48. The lowest BCUT2D eigenvalue weighted by Crippen LogP contribution is -2.23. The van der Waals surface area contributed by atoms with Crippen molar-refractivity contribution in [2.75, 3.05) is 0 Å². The van der Waals surface area contributed by atoms with Crippen LogP contribution in [0.4, 0.5) is 13.2 Å². The van der Waals surface area contributed by atoms with Crippen LogP contribution in [0.2, 0.25) is 0 Å². The number of carbonyl (C=O) groups is 1. The van der Waals surface area contributed by atoms with Crippen molar-refractivity contribution in [2.24, 2.45) is 0 Å². The van der Waals surface area contributed by atoms with Crippen LogP contribution in [0.3, 0.4) is 0 Å². The van der Waals surface area contributed by atoms with Gasteiger partial charge in [-0.2, -0.15) is 13.2 Å². The summed E-state index contributed by atoms with van der Waals surface area (Å²) < 4.78 is 40.9. The van der Waals surface area contributed by atoms with Crippen molar-refractivity contribution in [3.05, 3.63) is 35.9 Å². The number of hydrogen-bond donors (Lipinski definition) is 0. The van der Waals surface area contributed by atoms with Crippen LogP contribution in [0.15, 0.2) is 30.3 Å². The molecule has 5 heteroatoms. The van der Waals surface area contributed by atoms with Crippen LogP contribution in [-0.2, 0) is 9.53 Å². The van der Waals surface area contributed by atoms with Crippen LogP contribution in [0, 0.1) is 0 Å². The van der Waals surface area contributed by atoms with Crippen molar-refractivity contribution in [1.82, 2.24) is 0 Å². The summed E-state index contributed by atoms with van der Waals surface area (Å²) >= 11 is 0. The molecule has 0 aliphatic carbocycles. The maximum absolute atomic E-state index is 12.3. The van der Waals surface area contributed by atoms with Crippen LogP contribution in [0.25, 0.3) is 0 Å². The second kappa shape index (κ2) is 4.13. The molecule has 0 aliphatic rings. The van der Waals surface area contributed by atoms with E-state index in [1.165, 1.54) is 24.3 Å². The topological polar surface area (TPSA) is 26.3 Å². The maximum Gasteiger partial charge on any atom is 0.429 e. The zero-order valence-electron chi connectivity index (χ0n) is 6.99. The van der Waals surface area contributed by atoms with E-state index in [4.69, 9.17) is 0 Å². The summed E-state index contributed by atoms with van der Waals surface area (Å²) in [5.41, 5.74) is -0.0906. The van der Waals surface area contributed by atoms with E-state index < -0.39 is 12.3 Å². The molecule has 1 unspecified atom stereocenters. The third-order valence-corrected chi connectivity index (χ3v) is 1.59. The van der Waals surface area contributed by atoms with E-state index >= 15 is 0 Å². The Kier molecular flexibility index (Phi) is 3.11. The van der Waals surface area contributed by atoms with E-state index in [-0.39, 0.29) is 12.0 Å². The fraction of sp³-hybridized carbons (Fsp3) is 0.222. The van der Waals surface area contributed by atoms with Crippen molar-refractivity contribution in [1.29, 1.82) is 0 Å². The molecule has 0 saturated carbocycles. The van der Waals surface area contributed by atoms with Crippen molar-refractivity contribution >= 4 is 6.47 Å². The number of alkyl halides is 3. The first kappa shape index (κ1) is 10.6. The molecule has 0 radical (unpaired) electrons. The molecule has 0 spiro atoms. The molecule has 0 saturated heterocycles. The predicted molar refractivity (Wildman–Crippen MR) is 42.4 cm³/mol. The van der Waals surface area contributed by atoms with Crippen LogP contribution in [-0.4, -0.2) is 12.6 Å². The highest BCUT2D eigenvalue weighted by Crippen LogP contribution is 2.34. The van der Waals surface area contributed by atoms with E-state index in [1.807, 2.05) is 0 Å². The molecular weight excluding hydrogens is 197 g/mol. The Bertz CT molecular complexity index is 295. The first-order valence-electron chi connectivity index (χ1n) is 3.76. The number of carbonyl (C=O) groups excluding carboxylic acids is 1. The summed E-state index contributed by atoms with van der Waals surface area (Å²) in [7, 11) is 0. The average Bonchev–Trinajstić information content (AvgIpc) is 2.14. The summed E-state index contributed by atoms with van der Waals surface area (Å²) in [6.45, 7) is -0.203. The number of rotatable bonds is 3. The van der Waals surface area contributed by atoms with Gasteiger partial charge in [0, 0.05) is 5.56 Å². The van der Waals surface area contributed by atoms with E-state index in [2.05, 4.69) is 4.74 Å². The molecule has 0 amide bonds. The zero-order chi connectivity index (χ0) is 10.6. The number of hydrogen-bond acceptors (Lipinski definition) is 2. The molecule has 0 N–H and O–H groups in total. The third-order valence-electron chi connectivity index (χ3n) is 1.59. The summed E-state index contributed by atoms with van der Waals surface area (Å²) in [4.78, 5) is 9.91. The SMILES string of the molecule is O=COC(c1ccccc1)C(F)(F)F. The van der Waals surface area contributed by atoms with Crippen LogP contribution in [0.1, 0.15) is 11.7 Å². The largest absolute Gasteiger partial charge is 0.450 e. The van der Waals surface area contributed by atoms with Gasteiger partial charge >= 0.3 is 6.18 Å². The van der Waals surface area contributed by atoms with Crippen molar-refractivity contribution in [2.45, 2.75) is 12.3 Å². The number of benzene rings is 1. The van der Waals surface area contributed by atoms with Gasteiger partial charge in [0.15, 0.2) is 0 Å². The fourth-order valence-corrected chi connectivity index (χ4v) is 1.03. The Hall–Kier alpha value is -1.52. The van der Waals surface area contributed by atoms with Crippen molar-refractivity contribution in [3.8, 4) is 0 Å². The summed E-state index contributed by atoms with van der Waals surface area (Å²) in [6.07, 6.45) is -6.76. The van der Waals surface area contributed by atoms with Gasteiger partial charge in [-0.25, -0.2) is 0 Å².